The van der Waals surface area contributed by atoms with Crippen LogP contribution in [0, 0.1) is 23.0 Å². The molecular weight excluding hydrogens is 451 g/mol. The third-order valence-corrected chi connectivity index (χ3v) is 5.31. The predicted octanol–water partition coefficient (Wildman–Crippen LogP) is 3.84. The molecule has 0 spiro atoms. The van der Waals surface area contributed by atoms with Crippen molar-refractivity contribution >= 4 is 29.9 Å². The summed E-state index contributed by atoms with van der Waals surface area (Å²) in [6.07, 6.45) is 2.53. The summed E-state index contributed by atoms with van der Waals surface area (Å²) in [5.74, 6) is 0.00412. The van der Waals surface area contributed by atoms with Gasteiger partial charge in [-0.1, -0.05) is 13.8 Å². The molecule has 1 aromatic carbocycles. The first-order valence-electron chi connectivity index (χ1n) is 9.03. The zero-order valence-corrected chi connectivity index (χ0v) is 17.8. The molecule has 3 rings (SSSR count). The number of nitrogens with zero attached hydrogens (tertiary/aromatic N) is 1. The molecule has 146 valence electrons. The Morgan fingerprint density at radius 2 is 1.96 bits per heavy atom. The van der Waals surface area contributed by atoms with Gasteiger partial charge in [-0.15, -0.1) is 24.0 Å². The lowest BCUT2D eigenvalue weighted by atomic mass is 9.55. The van der Waals surface area contributed by atoms with Gasteiger partial charge in [-0.3, -0.25) is 0 Å². The van der Waals surface area contributed by atoms with Gasteiger partial charge in [0, 0.05) is 36.6 Å². The zero-order chi connectivity index (χ0) is 18.0. The van der Waals surface area contributed by atoms with Crippen molar-refractivity contribution in [1.82, 2.24) is 10.6 Å². The van der Waals surface area contributed by atoms with Crippen molar-refractivity contribution in [3.8, 4) is 0 Å². The van der Waals surface area contributed by atoms with Crippen LogP contribution in [0.2, 0.25) is 0 Å². The van der Waals surface area contributed by atoms with E-state index in [9.17, 15) is 8.78 Å². The Balaban J connectivity index is 0.00000243. The maximum absolute atomic E-state index is 13.3. The molecule has 1 aliphatic heterocycles. The lowest BCUT2D eigenvalue weighted by Gasteiger charge is -2.60. The van der Waals surface area contributed by atoms with Crippen LogP contribution >= 0.6 is 24.0 Å². The molecule has 2 aliphatic rings. The second-order valence-electron chi connectivity index (χ2n) is 7.51. The number of hydrogen-bond donors (Lipinski definition) is 2. The fraction of sp³-hybridized carbons (Fsp3) is 0.632. The minimum Gasteiger partial charge on any atom is -0.377 e. The van der Waals surface area contributed by atoms with Crippen LogP contribution < -0.4 is 10.6 Å². The van der Waals surface area contributed by atoms with E-state index in [0.717, 1.165) is 32.1 Å². The summed E-state index contributed by atoms with van der Waals surface area (Å²) in [6, 6.07) is 3.78. The van der Waals surface area contributed by atoms with Crippen molar-refractivity contribution < 1.29 is 13.5 Å². The molecule has 2 fully saturated rings. The van der Waals surface area contributed by atoms with Crippen LogP contribution in [0.15, 0.2) is 23.2 Å². The standard InChI is InChI=1S/C19H27F2N3O.HI/c1-4-22-18(23-11-12-8-13(20)10-14(21)9-12)24-16-15-6-5-7-25-17(15)19(16,2)3;/h8-10,15-17H,4-7,11H2,1-3H3,(H2,22,23,24);1H. The summed E-state index contributed by atoms with van der Waals surface area (Å²) in [7, 11) is 0. The maximum Gasteiger partial charge on any atom is 0.191 e. The molecule has 0 bridgehead atoms. The van der Waals surface area contributed by atoms with Gasteiger partial charge in [0.25, 0.3) is 0 Å². The number of aliphatic imine (C=N–C) groups is 1. The van der Waals surface area contributed by atoms with Gasteiger partial charge in [0.05, 0.1) is 12.6 Å². The van der Waals surface area contributed by atoms with E-state index < -0.39 is 11.6 Å². The van der Waals surface area contributed by atoms with E-state index >= 15 is 0 Å². The minimum atomic E-state index is -0.578. The molecule has 3 unspecified atom stereocenters. The second kappa shape index (κ2) is 8.82. The molecule has 1 saturated carbocycles. The summed E-state index contributed by atoms with van der Waals surface area (Å²) in [5, 5.41) is 6.74. The van der Waals surface area contributed by atoms with Gasteiger partial charge in [0.15, 0.2) is 5.96 Å². The minimum absolute atomic E-state index is 0. The topological polar surface area (TPSA) is 45.7 Å². The zero-order valence-electron chi connectivity index (χ0n) is 15.5. The van der Waals surface area contributed by atoms with Crippen LogP contribution in [0.5, 0.6) is 0 Å². The Bertz CT molecular complexity index is 633. The maximum atomic E-state index is 13.3. The molecule has 2 N–H and O–H groups in total. The molecule has 4 nitrogen and oxygen atoms in total. The molecule has 0 radical (unpaired) electrons. The van der Waals surface area contributed by atoms with Crippen LogP contribution in [-0.4, -0.2) is 31.3 Å². The summed E-state index contributed by atoms with van der Waals surface area (Å²) in [5.41, 5.74) is 0.549. The molecule has 7 heteroatoms. The number of benzene rings is 1. The lowest BCUT2D eigenvalue weighted by Crippen LogP contribution is -2.71. The number of halogens is 3. The highest BCUT2D eigenvalue weighted by Crippen LogP contribution is 2.51. The molecule has 1 aromatic rings. The van der Waals surface area contributed by atoms with Crippen LogP contribution in [0.25, 0.3) is 0 Å². The van der Waals surface area contributed by atoms with E-state index in [1.165, 1.54) is 12.1 Å². The van der Waals surface area contributed by atoms with Gasteiger partial charge in [-0.25, -0.2) is 13.8 Å². The van der Waals surface area contributed by atoms with Gasteiger partial charge < -0.3 is 15.4 Å². The number of fused-ring (bicyclic) bond motifs is 1. The van der Waals surface area contributed by atoms with Crippen molar-refractivity contribution in [2.24, 2.45) is 16.3 Å². The van der Waals surface area contributed by atoms with Crippen molar-refractivity contribution in [2.45, 2.75) is 52.3 Å². The Kier molecular flexibility index (Phi) is 7.24. The highest BCUT2D eigenvalue weighted by atomic mass is 127. The average molecular weight is 479 g/mol. The predicted molar refractivity (Wildman–Crippen MR) is 110 cm³/mol. The molecule has 1 heterocycles. The Labute approximate surface area is 171 Å². The van der Waals surface area contributed by atoms with Crippen molar-refractivity contribution in [3.05, 3.63) is 35.4 Å². The normalized spacial score (nSPS) is 27.0. The number of hydrogen-bond acceptors (Lipinski definition) is 2. The second-order valence-corrected chi connectivity index (χ2v) is 7.51. The van der Waals surface area contributed by atoms with Gasteiger partial charge in [0.1, 0.15) is 11.6 Å². The number of ether oxygens (including phenoxy) is 1. The van der Waals surface area contributed by atoms with Gasteiger partial charge in [-0.05, 0) is 37.5 Å². The highest BCUT2D eigenvalue weighted by Gasteiger charge is 2.58. The fourth-order valence-electron chi connectivity index (χ4n) is 4.16. The summed E-state index contributed by atoms with van der Waals surface area (Å²) in [6.45, 7) is 8.21. The van der Waals surface area contributed by atoms with Crippen molar-refractivity contribution in [2.75, 3.05) is 13.2 Å². The Morgan fingerprint density at radius 1 is 1.27 bits per heavy atom. The molecule has 1 saturated heterocycles. The number of nitrogens with one attached hydrogen (secondary N) is 2. The summed E-state index contributed by atoms with van der Waals surface area (Å²) in [4.78, 5) is 4.51. The van der Waals surface area contributed by atoms with E-state index in [4.69, 9.17) is 4.74 Å². The van der Waals surface area contributed by atoms with Crippen molar-refractivity contribution in [3.63, 3.8) is 0 Å². The van der Waals surface area contributed by atoms with Crippen LogP contribution in [-0.2, 0) is 11.3 Å². The third-order valence-electron chi connectivity index (χ3n) is 5.31. The van der Waals surface area contributed by atoms with E-state index in [-0.39, 0.29) is 42.0 Å². The fourth-order valence-corrected chi connectivity index (χ4v) is 4.16. The Morgan fingerprint density at radius 3 is 2.62 bits per heavy atom. The molecule has 0 amide bonds. The van der Waals surface area contributed by atoms with Gasteiger partial charge in [-0.2, -0.15) is 0 Å². The van der Waals surface area contributed by atoms with Gasteiger partial charge in [0.2, 0.25) is 0 Å². The van der Waals surface area contributed by atoms with Crippen molar-refractivity contribution in [1.29, 1.82) is 0 Å². The summed E-state index contributed by atoms with van der Waals surface area (Å²) < 4.78 is 32.6. The van der Waals surface area contributed by atoms with Crippen LogP contribution in [0.4, 0.5) is 8.78 Å². The largest absolute Gasteiger partial charge is 0.377 e. The molecule has 0 aromatic heterocycles. The van der Waals surface area contributed by atoms with Gasteiger partial charge >= 0.3 is 0 Å². The number of rotatable bonds is 4. The monoisotopic (exact) mass is 479 g/mol. The smallest absolute Gasteiger partial charge is 0.191 e. The average Bonchev–Trinajstić information content (AvgIpc) is 2.56. The van der Waals surface area contributed by atoms with E-state index in [1.54, 1.807) is 0 Å². The SMILES string of the molecule is CCNC(=NCc1cc(F)cc(F)c1)NC1C2CCCOC2C1(C)C.I. The molecule has 1 aliphatic carbocycles. The molecule has 3 atom stereocenters. The first-order chi connectivity index (χ1) is 11.9. The highest BCUT2D eigenvalue weighted by molar-refractivity contribution is 14.0. The van der Waals surface area contributed by atoms with E-state index in [1.807, 2.05) is 6.92 Å². The van der Waals surface area contributed by atoms with Crippen LogP contribution in [0.3, 0.4) is 0 Å². The first-order valence-corrected chi connectivity index (χ1v) is 9.03. The third kappa shape index (κ3) is 4.47. The van der Waals surface area contributed by atoms with Crippen LogP contribution in [0.1, 0.15) is 39.2 Å². The van der Waals surface area contributed by atoms with E-state index in [2.05, 4.69) is 29.5 Å². The van der Waals surface area contributed by atoms with E-state index in [0.29, 0.717) is 23.5 Å². The number of guanidine groups is 1. The quantitative estimate of drug-likeness (QED) is 0.392. The molecular formula is C19H28F2IN3O. The first kappa shape index (κ1) is 21.3. The lowest BCUT2D eigenvalue weighted by molar-refractivity contribution is -0.188. The Hall–Kier alpha value is -0.960. The summed E-state index contributed by atoms with van der Waals surface area (Å²) >= 11 is 0. The molecule has 26 heavy (non-hydrogen) atoms.